The zero-order valence-corrected chi connectivity index (χ0v) is 14.0. The number of hydrogen-bond acceptors (Lipinski definition) is 2. The van der Waals surface area contributed by atoms with Gasteiger partial charge >= 0.3 is 0 Å². The monoisotopic (exact) mass is 312 g/mol. The van der Waals surface area contributed by atoms with Gasteiger partial charge in [-0.25, -0.2) is 0 Å². The predicted molar refractivity (Wildman–Crippen MR) is 86.5 cm³/mol. The van der Waals surface area contributed by atoms with Crippen LogP contribution in [-0.2, 0) is 4.79 Å². The van der Waals surface area contributed by atoms with Gasteiger partial charge in [-0.2, -0.15) is 0 Å². The Morgan fingerprint density at radius 3 is 2.37 bits per heavy atom. The molecule has 0 aromatic carbocycles. The van der Waals surface area contributed by atoms with Crippen LogP contribution in [0.5, 0.6) is 0 Å². The molecule has 1 saturated heterocycles. The molecule has 0 unspecified atom stereocenters. The van der Waals surface area contributed by atoms with Crippen molar-refractivity contribution in [1.82, 2.24) is 10.2 Å². The first-order valence-electron chi connectivity index (χ1n) is 7.20. The number of rotatable bonds is 8. The topological polar surface area (TPSA) is 32.3 Å². The third-order valence-electron chi connectivity index (χ3n) is 3.51. The summed E-state index contributed by atoms with van der Waals surface area (Å²) in [4.78, 5) is 13.9. The highest BCUT2D eigenvalue weighted by Gasteiger charge is 2.20. The minimum absolute atomic E-state index is 0. The number of halogens is 2. The van der Waals surface area contributed by atoms with Crippen molar-refractivity contribution in [3.63, 3.8) is 0 Å². The van der Waals surface area contributed by atoms with E-state index in [2.05, 4.69) is 24.2 Å². The number of carbonyl (C=O) groups excluding carboxylic acids is 1. The van der Waals surface area contributed by atoms with Crippen molar-refractivity contribution in [2.45, 2.75) is 64.3 Å². The van der Waals surface area contributed by atoms with E-state index in [1.807, 2.05) is 0 Å². The summed E-state index contributed by atoms with van der Waals surface area (Å²) < 4.78 is 0. The van der Waals surface area contributed by atoms with Gasteiger partial charge in [-0.1, -0.05) is 39.0 Å². The van der Waals surface area contributed by atoms with Crippen molar-refractivity contribution >= 4 is 30.7 Å². The summed E-state index contributed by atoms with van der Waals surface area (Å²) in [6, 6.07) is 0.396. The summed E-state index contributed by atoms with van der Waals surface area (Å²) in [6.07, 6.45) is 9.32. The average molecular weight is 313 g/mol. The van der Waals surface area contributed by atoms with E-state index >= 15 is 0 Å². The van der Waals surface area contributed by atoms with E-state index in [0.29, 0.717) is 12.5 Å². The Hall–Kier alpha value is 0.01000. The van der Waals surface area contributed by atoms with Crippen LogP contribution in [0.4, 0.5) is 0 Å². The second kappa shape index (κ2) is 13.0. The summed E-state index contributed by atoms with van der Waals surface area (Å²) in [7, 11) is 2.11. The van der Waals surface area contributed by atoms with E-state index in [1.165, 1.54) is 32.1 Å². The van der Waals surface area contributed by atoms with Crippen LogP contribution < -0.4 is 5.32 Å². The van der Waals surface area contributed by atoms with Crippen LogP contribution in [0.3, 0.4) is 0 Å². The number of likely N-dealkylation sites (tertiary alicyclic amines) is 1. The maximum atomic E-state index is 11.7. The number of amides is 1. The van der Waals surface area contributed by atoms with E-state index in [9.17, 15) is 4.79 Å². The van der Waals surface area contributed by atoms with Gasteiger partial charge in [0.15, 0.2) is 0 Å². The molecular weight excluding hydrogens is 283 g/mol. The summed E-state index contributed by atoms with van der Waals surface area (Å²) in [5.74, 6) is 0.251. The molecule has 3 nitrogen and oxygen atoms in total. The van der Waals surface area contributed by atoms with Gasteiger partial charge in [0.1, 0.15) is 0 Å². The molecule has 1 rings (SSSR count). The van der Waals surface area contributed by atoms with E-state index < -0.39 is 0 Å². The molecule has 1 N–H and O–H groups in total. The van der Waals surface area contributed by atoms with Crippen molar-refractivity contribution in [1.29, 1.82) is 0 Å². The number of unbranched alkanes of at least 4 members (excludes halogenated alkanes) is 5. The van der Waals surface area contributed by atoms with Crippen LogP contribution in [0.15, 0.2) is 0 Å². The number of nitrogens with one attached hydrogen (secondary N) is 1. The predicted octanol–water partition coefficient (Wildman–Crippen LogP) is 3.40. The largest absolute Gasteiger partial charge is 0.352 e. The highest BCUT2D eigenvalue weighted by Crippen LogP contribution is 2.09. The molecule has 0 spiro atoms. The highest BCUT2D eigenvalue weighted by molar-refractivity contribution is 5.85. The molecule has 5 heteroatoms. The van der Waals surface area contributed by atoms with Crippen LogP contribution in [0.1, 0.15) is 58.3 Å². The number of nitrogens with zero attached hydrogens (tertiary/aromatic N) is 1. The minimum Gasteiger partial charge on any atom is -0.352 e. The quantitative estimate of drug-likeness (QED) is 0.697. The molecule has 19 heavy (non-hydrogen) atoms. The maximum absolute atomic E-state index is 11.7. The van der Waals surface area contributed by atoms with Gasteiger partial charge in [0.25, 0.3) is 0 Å². The smallest absolute Gasteiger partial charge is 0.220 e. The van der Waals surface area contributed by atoms with Crippen molar-refractivity contribution in [2.24, 2.45) is 0 Å². The van der Waals surface area contributed by atoms with Crippen molar-refractivity contribution in [2.75, 3.05) is 20.1 Å². The van der Waals surface area contributed by atoms with Gasteiger partial charge in [0, 0.05) is 19.0 Å². The van der Waals surface area contributed by atoms with E-state index in [1.54, 1.807) is 0 Å². The Labute approximate surface area is 130 Å². The summed E-state index contributed by atoms with van der Waals surface area (Å²) in [6.45, 7) is 4.36. The molecule has 1 aliphatic heterocycles. The molecule has 1 aliphatic rings. The third kappa shape index (κ3) is 10.5. The molecule has 0 aliphatic carbocycles. The molecule has 0 aromatic rings. The van der Waals surface area contributed by atoms with Crippen molar-refractivity contribution in [3.8, 4) is 0 Å². The standard InChI is InChI=1S/C14H28N2O.2ClH/c1-3-4-5-6-7-8-9-14(17)15-13-10-11-16(2)12-13;;/h13H,3-12H2,1-2H3,(H,15,17);2*1H/t13-;;/m1../s1. The van der Waals surface area contributed by atoms with Gasteiger partial charge in [-0.15, -0.1) is 24.8 Å². The minimum atomic E-state index is 0. The first-order chi connectivity index (χ1) is 8.22. The molecule has 1 heterocycles. The van der Waals surface area contributed by atoms with Gasteiger partial charge in [-0.05, 0) is 26.4 Å². The zero-order chi connectivity index (χ0) is 12.5. The molecular formula is C14H30Cl2N2O. The lowest BCUT2D eigenvalue weighted by Gasteiger charge is -2.12. The molecule has 0 aromatic heterocycles. The number of likely N-dealkylation sites (N-methyl/N-ethyl adjacent to an activating group) is 1. The van der Waals surface area contributed by atoms with Crippen molar-refractivity contribution < 1.29 is 4.79 Å². The maximum Gasteiger partial charge on any atom is 0.220 e. The Kier molecular flexibility index (Phi) is 14.6. The van der Waals surface area contributed by atoms with E-state index in [4.69, 9.17) is 0 Å². The average Bonchev–Trinajstić information content (AvgIpc) is 2.69. The van der Waals surface area contributed by atoms with Gasteiger partial charge in [-0.3, -0.25) is 4.79 Å². The summed E-state index contributed by atoms with van der Waals surface area (Å²) in [5, 5.41) is 3.13. The Bertz CT molecular complexity index is 227. The van der Waals surface area contributed by atoms with E-state index in [0.717, 1.165) is 25.9 Å². The summed E-state index contributed by atoms with van der Waals surface area (Å²) in [5.41, 5.74) is 0. The third-order valence-corrected chi connectivity index (χ3v) is 3.51. The first kappa shape index (κ1) is 21.3. The highest BCUT2D eigenvalue weighted by atomic mass is 35.5. The van der Waals surface area contributed by atoms with Gasteiger partial charge in [0.05, 0.1) is 0 Å². The molecule has 0 bridgehead atoms. The molecule has 1 atom stereocenters. The van der Waals surface area contributed by atoms with Crippen LogP contribution >= 0.6 is 24.8 Å². The van der Waals surface area contributed by atoms with Gasteiger partial charge < -0.3 is 10.2 Å². The fourth-order valence-corrected chi connectivity index (χ4v) is 2.42. The Morgan fingerprint density at radius 2 is 1.79 bits per heavy atom. The lowest BCUT2D eigenvalue weighted by molar-refractivity contribution is -0.121. The van der Waals surface area contributed by atoms with E-state index in [-0.39, 0.29) is 30.7 Å². The zero-order valence-electron chi connectivity index (χ0n) is 12.3. The Morgan fingerprint density at radius 1 is 1.16 bits per heavy atom. The van der Waals surface area contributed by atoms with Crippen LogP contribution in [-0.4, -0.2) is 37.0 Å². The fourth-order valence-electron chi connectivity index (χ4n) is 2.42. The molecule has 1 fully saturated rings. The Balaban J connectivity index is 0. The van der Waals surface area contributed by atoms with Crippen LogP contribution in [0, 0.1) is 0 Å². The normalized spacial score (nSPS) is 18.5. The SMILES string of the molecule is CCCCCCCCC(=O)N[C@@H]1CCN(C)C1.Cl.Cl. The molecule has 116 valence electrons. The molecule has 1 amide bonds. The second-order valence-corrected chi connectivity index (χ2v) is 5.33. The second-order valence-electron chi connectivity index (χ2n) is 5.33. The fraction of sp³-hybridized carbons (Fsp3) is 0.929. The number of hydrogen-bond donors (Lipinski definition) is 1. The van der Waals surface area contributed by atoms with Gasteiger partial charge in [0.2, 0.25) is 5.91 Å². The van der Waals surface area contributed by atoms with Crippen LogP contribution in [0.25, 0.3) is 0 Å². The summed E-state index contributed by atoms with van der Waals surface area (Å²) >= 11 is 0. The lowest BCUT2D eigenvalue weighted by Crippen LogP contribution is -2.36. The molecule has 0 radical (unpaired) electrons. The molecule has 0 saturated carbocycles. The van der Waals surface area contributed by atoms with Crippen molar-refractivity contribution in [3.05, 3.63) is 0 Å². The van der Waals surface area contributed by atoms with Crippen LogP contribution in [0.2, 0.25) is 0 Å². The first-order valence-corrected chi connectivity index (χ1v) is 7.20. The number of carbonyl (C=O) groups is 1. The lowest BCUT2D eigenvalue weighted by atomic mass is 10.1.